The van der Waals surface area contributed by atoms with E-state index in [1.165, 1.54) is 14.2 Å². The lowest BCUT2D eigenvalue weighted by atomic mass is 9.86. The van der Waals surface area contributed by atoms with Crippen LogP contribution in [0.15, 0.2) is 61.3 Å². The van der Waals surface area contributed by atoms with Crippen LogP contribution in [0.3, 0.4) is 0 Å². The smallest absolute Gasteiger partial charge is 0.407 e. The molecule has 2 aliphatic heterocycles. The fourth-order valence-corrected chi connectivity index (χ4v) is 8.28. The zero-order valence-corrected chi connectivity index (χ0v) is 34.8. The summed E-state index contributed by atoms with van der Waals surface area (Å²) in [5.41, 5.74) is 6.50. The first-order valence-corrected chi connectivity index (χ1v) is 20.4. The Kier molecular flexibility index (Phi) is 12.5. The number of aromatic amines is 2. The molecule has 3 amide bonds. The van der Waals surface area contributed by atoms with E-state index < -0.39 is 18.1 Å². The summed E-state index contributed by atoms with van der Waals surface area (Å²) in [7, 11) is 2.77. The van der Waals surface area contributed by atoms with Crippen molar-refractivity contribution in [2.75, 3.05) is 20.8 Å². The summed E-state index contributed by atoms with van der Waals surface area (Å²) in [5, 5.41) is 4.68. The van der Waals surface area contributed by atoms with Gasteiger partial charge in [0.2, 0.25) is 11.8 Å². The number of rotatable bonds is 13. The van der Waals surface area contributed by atoms with Crippen LogP contribution in [0.2, 0.25) is 0 Å². The standard InChI is InChI=1S/C47H51N7O6/c1-8-29(9-2)19-43(55)53(24-30(10-3)16-17-58-6)25-41-48-23-39(50-41)32-12-14-35-33(20-32)27-60-40-22-36-31(21-37(35)40)13-15-38-45(36)51-42(49-38)26-54-34(11-4)18-28(5)44(46(54)56)52-47(57)59-7/h3,8,12-15,20-23,28-30,34,44H,1,9,11,18-19,24-27H2,2,4-7H3,(H,48,50)(H,49,51)(H,52,57)/t28?,29-,30?,34-,44+/m1/s1. The van der Waals surface area contributed by atoms with Crippen molar-refractivity contribution < 1.29 is 28.6 Å². The van der Waals surface area contributed by atoms with Gasteiger partial charge in [0.15, 0.2) is 0 Å². The molecular formula is C47H51N7O6. The van der Waals surface area contributed by atoms with E-state index >= 15 is 0 Å². The second-order valence-corrected chi connectivity index (χ2v) is 15.5. The molecule has 2 unspecified atom stereocenters. The number of benzene rings is 3. The number of ether oxygens (including phenoxy) is 3. The van der Waals surface area contributed by atoms with Crippen LogP contribution in [0, 0.1) is 42.1 Å². The van der Waals surface area contributed by atoms with Gasteiger partial charge in [-0.25, -0.2) is 14.8 Å². The zero-order valence-electron chi connectivity index (χ0n) is 34.8. The normalized spacial score (nSPS) is 17.9. The van der Waals surface area contributed by atoms with Crippen LogP contribution in [0.1, 0.15) is 63.7 Å². The van der Waals surface area contributed by atoms with E-state index in [4.69, 9.17) is 25.6 Å². The van der Waals surface area contributed by atoms with E-state index in [-0.39, 0.29) is 49.3 Å². The lowest BCUT2D eigenvalue weighted by molar-refractivity contribution is -0.142. The van der Waals surface area contributed by atoms with Crippen LogP contribution < -0.4 is 10.1 Å². The van der Waals surface area contributed by atoms with Crippen molar-refractivity contribution in [3.8, 4) is 52.5 Å². The van der Waals surface area contributed by atoms with Gasteiger partial charge in [0.25, 0.3) is 0 Å². The second kappa shape index (κ2) is 18.0. The number of imidazole rings is 2. The monoisotopic (exact) mass is 809 g/mol. The first kappa shape index (κ1) is 41.4. The number of terminal acetylenes is 1. The number of carbonyl (C=O) groups is 3. The van der Waals surface area contributed by atoms with Crippen molar-refractivity contribution in [2.45, 2.75) is 78.2 Å². The van der Waals surface area contributed by atoms with Crippen LogP contribution in [-0.4, -0.2) is 80.5 Å². The van der Waals surface area contributed by atoms with Gasteiger partial charge >= 0.3 is 6.09 Å². The van der Waals surface area contributed by atoms with Gasteiger partial charge in [0.1, 0.15) is 42.1 Å². The summed E-state index contributed by atoms with van der Waals surface area (Å²) in [5.74, 6) is 6.93. The van der Waals surface area contributed by atoms with E-state index in [2.05, 4.69) is 82.1 Å². The molecule has 1 saturated heterocycles. The number of nitrogens with one attached hydrogen (secondary N) is 3. The molecule has 60 heavy (non-hydrogen) atoms. The number of allylic oxidation sites excluding steroid dienone is 1. The highest BCUT2D eigenvalue weighted by atomic mass is 16.5. The van der Waals surface area contributed by atoms with Crippen LogP contribution in [0.25, 0.3) is 44.2 Å². The largest absolute Gasteiger partial charge is 0.488 e. The fourth-order valence-electron chi connectivity index (χ4n) is 8.28. The lowest BCUT2D eigenvalue weighted by Crippen LogP contribution is -2.59. The molecule has 3 aromatic carbocycles. The van der Waals surface area contributed by atoms with Gasteiger partial charge < -0.3 is 39.3 Å². The van der Waals surface area contributed by atoms with E-state index in [0.29, 0.717) is 24.7 Å². The summed E-state index contributed by atoms with van der Waals surface area (Å²) < 4.78 is 16.1. The molecule has 3 N–H and O–H groups in total. The number of methoxy groups -OCH3 is 2. The number of likely N-dealkylation sites (tertiary alicyclic amines) is 1. The van der Waals surface area contributed by atoms with E-state index in [1.54, 1.807) is 11.1 Å². The van der Waals surface area contributed by atoms with Crippen LogP contribution in [0.4, 0.5) is 4.79 Å². The third-order valence-corrected chi connectivity index (χ3v) is 11.7. The molecule has 13 nitrogen and oxygen atoms in total. The molecule has 5 aromatic rings. The van der Waals surface area contributed by atoms with Crippen molar-refractivity contribution in [2.24, 2.45) is 17.8 Å². The van der Waals surface area contributed by atoms with Crippen LogP contribution in [0.5, 0.6) is 5.75 Å². The molecule has 5 atom stereocenters. The van der Waals surface area contributed by atoms with Gasteiger partial charge in [-0.15, -0.1) is 13.0 Å². The third kappa shape index (κ3) is 8.53. The maximum Gasteiger partial charge on any atom is 0.407 e. The Bertz CT molecular complexity index is 2540. The number of nitrogens with zero attached hydrogens (tertiary/aromatic N) is 4. The van der Waals surface area contributed by atoms with Crippen molar-refractivity contribution in [3.63, 3.8) is 0 Å². The van der Waals surface area contributed by atoms with Gasteiger partial charge in [-0.3, -0.25) is 9.59 Å². The Balaban J connectivity index is 1.11. The predicted molar refractivity (Wildman–Crippen MR) is 230 cm³/mol. The highest BCUT2D eigenvalue weighted by molar-refractivity contribution is 6.07. The lowest BCUT2D eigenvalue weighted by Gasteiger charge is -2.42. The van der Waals surface area contributed by atoms with Gasteiger partial charge in [-0.1, -0.05) is 51.0 Å². The van der Waals surface area contributed by atoms with Crippen LogP contribution >= 0.6 is 0 Å². The van der Waals surface area contributed by atoms with Crippen molar-refractivity contribution >= 4 is 39.7 Å². The number of amides is 3. The predicted octanol–water partition coefficient (Wildman–Crippen LogP) is 7.32. The maximum atomic E-state index is 13.7. The molecule has 2 aromatic heterocycles. The second-order valence-electron chi connectivity index (χ2n) is 15.5. The molecule has 0 spiro atoms. The average Bonchev–Trinajstić information content (AvgIpc) is 3.92. The Morgan fingerprint density at radius 3 is 2.72 bits per heavy atom. The molecule has 2 aliphatic rings. The molecular weight excluding hydrogens is 759 g/mol. The summed E-state index contributed by atoms with van der Waals surface area (Å²) in [6.45, 7) is 11.1. The number of H-pyrrole nitrogens is 2. The summed E-state index contributed by atoms with van der Waals surface area (Å²) in [6.07, 6.45) is 14.0. The molecule has 0 aliphatic carbocycles. The van der Waals surface area contributed by atoms with E-state index in [9.17, 15) is 14.4 Å². The Morgan fingerprint density at radius 1 is 1.15 bits per heavy atom. The quantitative estimate of drug-likeness (QED) is 0.0826. The number of hydrogen-bond acceptors (Lipinski definition) is 8. The van der Waals surface area contributed by atoms with E-state index in [0.717, 1.165) is 74.8 Å². The summed E-state index contributed by atoms with van der Waals surface area (Å²) in [4.78, 5) is 59.3. The number of fused-ring (bicyclic) bond motifs is 6. The number of alkyl carbamates (subject to hydrolysis) is 1. The topological polar surface area (TPSA) is 155 Å². The minimum Gasteiger partial charge on any atom is -0.488 e. The molecule has 13 heteroatoms. The number of piperidine rings is 1. The maximum absolute atomic E-state index is 13.7. The fraction of sp³-hybridized carbons (Fsp3) is 0.383. The van der Waals surface area contributed by atoms with Gasteiger partial charge in [0, 0.05) is 30.0 Å². The van der Waals surface area contributed by atoms with E-state index in [1.807, 2.05) is 37.0 Å². The molecule has 0 saturated carbocycles. The Hall–Kier alpha value is -6.73. The first-order valence-electron chi connectivity index (χ1n) is 20.4. The number of hydrogen-bond donors (Lipinski definition) is 3. The molecule has 0 radical (unpaired) electrons. The molecule has 0 bridgehead atoms. The highest BCUT2D eigenvalue weighted by Crippen LogP contribution is 2.42. The summed E-state index contributed by atoms with van der Waals surface area (Å²) >= 11 is 0. The molecule has 4 heterocycles. The minimum atomic E-state index is -0.667. The molecule has 1 fully saturated rings. The molecule has 310 valence electrons. The Morgan fingerprint density at radius 2 is 1.98 bits per heavy atom. The van der Waals surface area contributed by atoms with Crippen molar-refractivity contribution in [1.29, 1.82) is 0 Å². The van der Waals surface area contributed by atoms with Crippen molar-refractivity contribution in [3.05, 3.63) is 78.5 Å². The average molecular weight is 810 g/mol. The minimum absolute atomic E-state index is 0.0196. The highest BCUT2D eigenvalue weighted by Gasteiger charge is 2.40. The number of aromatic nitrogens is 4. The van der Waals surface area contributed by atoms with Gasteiger partial charge in [-0.05, 0) is 83.4 Å². The third-order valence-electron chi connectivity index (χ3n) is 11.7. The first-order chi connectivity index (χ1) is 29.1. The van der Waals surface area contributed by atoms with Gasteiger partial charge in [-0.2, -0.15) is 0 Å². The Labute approximate surface area is 350 Å². The van der Waals surface area contributed by atoms with Crippen LogP contribution in [-0.2, 0) is 38.8 Å². The molecule has 7 rings (SSSR count). The zero-order chi connectivity index (χ0) is 42.5. The summed E-state index contributed by atoms with van der Waals surface area (Å²) in [6, 6.07) is 13.9. The van der Waals surface area contributed by atoms with Gasteiger partial charge in [0.05, 0.1) is 50.2 Å². The SMILES string of the molecule is C#CC(C#COC)CN(Cc1ncc(-c2ccc3c(c2)COc2cc4c(ccc5[nH]c(CN6C(=O)[C@@H](NC(=O)OC)C(C)C[C@H]6CC)nc54)cc2-3)[nH]1)C(=O)C[C@H](C=C)CC. The number of carbonyl (C=O) groups excluding carboxylic acids is 3. The van der Waals surface area contributed by atoms with Crippen molar-refractivity contribution in [1.82, 2.24) is 35.1 Å².